The van der Waals surface area contributed by atoms with Gasteiger partial charge < -0.3 is 25.7 Å². The van der Waals surface area contributed by atoms with Gasteiger partial charge in [0.15, 0.2) is 0 Å². The molecule has 206 valence electrons. The summed E-state index contributed by atoms with van der Waals surface area (Å²) in [6, 6.07) is 8.35. The summed E-state index contributed by atoms with van der Waals surface area (Å²) in [5, 5.41) is 25.0. The smallest absolute Gasteiger partial charge is 0.317 e. The first-order valence-electron chi connectivity index (χ1n) is 12.9. The molecule has 2 aromatic carbocycles. The van der Waals surface area contributed by atoms with Crippen LogP contribution in [-0.2, 0) is 10.2 Å². The van der Waals surface area contributed by atoms with Crippen molar-refractivity contribution in [3.63, 3.8) is 0 Å². The standard InChI is InChI=1S/C28H34Cl2FN3O4/c1-27(2,10-13-36)15-17-16-34(26(38)32-11-3-4-12-35)24(19-6-5-7-21(30)23(19)31)28(17)20-9-8-18(29)14-22(20)33-25(28)37/h5-9,14,17,24,35-36H,3-4,10-13,15-16H2,1-2H3,(H,32,38)(H,33,37)/t17?,24?,28-/m0/s1. The van der Waals surface area contributed by atoms with Gasteiger partial charge in [0.05, 0.1) is 11.1 Å². The average Bonchev–Trinajstić information content (AvgIpc) is 3.33. The predicted molar refractivity (Wildman–Crippen MR) is 146 cm³/mol. The number of hydrogen-bond donors (Lipinski definition) is 4. The Morgan fingerprint density at radius 1 is 1.21 bits per heavy atom. The summed E-state index contributed by atoms with van der Waals surface area (Å²) in [5.41, 5.74) is -0.349. The topological polar surface area (TPSA) is 102 Å². The number of aliphatic hydroxyl groups excluding tert-OH is 2. The summed E-state index contributed by atoms with van der Waals surface area (Å²) in [6.45, 7) is 4.53. The van der Waals surface area contributed by atoms with Crippen molar-refractivity contribution >= 4 is 40.8 Å². The van der Waals surface area contributed by atoms with Gasteiger partial charge in [0.25, 0.3) is 0 Å². The van der Waals surface area contributed by atoms with Crippen LogP contribution >= 0.6 is 23.2 Å². The third-order valence-corrected chi connectivity index (χ3v) is 8.37. The van der Waals surface area contributed by atoms with Crippen LogP contribution in [0, 0.1) is 17.2 Å². The van der Waals surface area contributed by atoms with Crippen molar-refractivity contribution in [2.45, 2.75) is 51.0 Å². The molecule has 0 bridgehead atoms. The molecule has 0 aromatic heterocycles. The van der Waals surface area contributed by atoms with Gasteiger partial charge in [-0.2, -0.15) is 0 Å². The van der Waals surface area contributed by atoms with Gasteiger partial charge in [-0.3, -0.25) is 4.79 Å². The number of unbranched alkanes of at least 4 members (excludes halogenated alkanes) is 1. The minimum atomic E-state index is -1.32. The second kappa shape index (κ2) is 11.4. The molecule has 7 nitrogen and oxygen atoms in total. The minimum Gasteiger partial charge on any atom is -0.396 e. The molecule has 1 spiro atoms. The van der Waals surface area contributed by atoms with Crippen molar-refractivity contribution in [1.29, 1.82) is 0 Å². The molecule has 2 unspecified atom stereocenters. The Balaban J connectivity index is 1.91. The molecule has 2 aliphatic rings. The zero-order valence-corrected chi connectivity index (χ0v) is 23.1. The van der Waals surface area contributed by atoms with Crippen molar-refractivity contribution in [3.8, 4) is 0 Å². The molecule has 2 aromatic rings. The number of hydrogen-bond acceptors (Lipinski definition) is 4. The highest BCUT2D eigenvalue weighted by Gasteiger charge is 2.65. The molecule has 3 atom stereocenters. The number of nitrogens with zero attached hydrogens (tertiary/aromatic N) is 1. The highest BCUT2D eigenvalue weighted by Crippen LogP contribution is 2.60. The Morgan fingerprint density at radius 2 is 1.97 bits per heavy atom. The maximum atomic E-state index is 15.7. The van der Waals surface area contributed by atoms with Crippen LogP contribution in [0.25, 0.3) is 0 Å². The highest BCUT2D eigenvalue weighted by molar-refractivity contribution is 6.31. The van der Waals surface area contributed by atoms with Gasteiger partial charge in [-0.1, -0.05) is 55.2 Å². The Morgan fingerprint density at radius 3 is 2.68 bits per heavy atom. The number of carbonyl (C=O) groups excluding carboxylic acids is 2. The van der Waals surface area contributed by atoms with Crippen LogP contribution in [0.4, 0.5) is 14.9 Å². The molecule has 1 fully saturated rings. The maximum absolute atomic E-state index is 15.7. The van der Waals surface area contributed by atoms with E-state index < -0.39 is 29.2 Å². The van der Waals surface area contributed by atoms with E-state index in [1.54, 1.807) is 30.3 Å². The fraction of sp³-hybridized carbons (Fsp3) is 0.500. The third-order valence-electron chi connectivity index (χ3n) is 7.84. The quantitative estimate of drug-likeness (QED) is 0.311. The van der Waals surface area contributed by atoms with Crippen LogP contribution < -0.4 is 10.6 Å². The third kappa shape index (κ3) is 5.11. The fourth-order valence-electron chi connectivity index (χ4n) is 6.14. The largest absolute Gasteiger partial charge is 0.396 e. The second-order valence-electron chi connectivity index (χ2n) is 10.9. The molecule has 38 heavy (non-hydrogen) atoms. The minimum absolute atomic E-state index is 0.0145. The molecular formula is C28H34Cl2FN3O4. The van der Waals surface area contributed by atoms with E-state index in [4.69, 9.17) is 28.3 Å². The summed E-state index contributed by atoms with van der Waals surface area (Å²) in [7, 11) is 0. The zero-order valence-electron chi connectivity index (χ0n) is 21.6. The lowest BCUT2D eigenvalue weighted by atomic mass is 9.63. The average molecular weight is 567 g/mol. The number of fused-ring (bicyclic) bond motifs is 2. The molecule has 1 saturated heterocycles. The molecular weight excluding hydrogens is 532 g/mol. The Bertz CT molecular complexity index is 1210. The summed E-state index contributed by atoms with van der Waals surface area (Å²) >= 11 is 12.5. The van der Waals surface area contributed by atoms with Crippen LogP contribution in [0.3, 0.4) is 0 Å². The zero-order chi connectivity index (χ0) is 27.7. The number of halogens is 3. The number of aliphatic hydroxyl groups is 2. The summed E-state index contributed by atoms with van der Waals surface area (Å²) < 4.78 is 15.7. The van der Waals surface area contributed by atoms with Crippen molar-refractivity contribution < 1.29 is 24.2 Å². The number of likely N-dealkylation sites (tertiary alicyclic amines) is 1. The normalized spacial score (nSPS) is 22.6. The van der Waals surface area contributed by atoms with Gasteiger partial charge in [-0.05, 0) is 60.8 Å². The first kappa shape index (κ1) is 28.6. The van der Waals surface area contributed by atoms with E-state index in [1.165, 1.54) is 11.0 Å². The van der Waals surface area contributed by atoms with Crippen LogP contribution in [0.15, 0.2) is 36.4 Å². The van der Waals surface area contributed by atoms with E-state index in [0.717, 1.165) is 0 Å². The van der Waals surface area contributed by atoms with Crippen LogP contribution in [0.5, 0.6) is 0 Å². The van der Waals surface area contributed by atoms with Gasteiger partial charge in [-0.15, -0.1) is 0 Å². The number of nitrogens with one attached hydrogen (secondary N) is 2. The van der Waals surface area contributed by atoms with Crippen molar-refractivity contribution in [2.24, 2.45) is 11.3 Å². The Hall–Kier alpha value is -2.39. The van der Waals surface area contributed by atoms with Crippen LogP contribution in [-0.4, -0.2) is 53.4 Å². The summed E-state index contributed by atoms with van der Waals surface area (Å²) in [4.78, 5) is 29.3. The molecule has 0 saturated carbocycles. The molecule has 4 rings (SSSR count). The van der Waals surface area contributed by atoms with E-state index in [-0.39, 0.29) is 41.7 Å². The van der Waals surface area contributed by atoms with Gasteiger partial charge in [0, 0.05) is 42.6 Å². The predicted octanol–water partition coefficient (Wildman–Crippen LogP) is 5.28. The summed E-state index contributed by atoms with van der Waals surface area (Å²) in [6.07, 6.45) is 2.10. The van der Waals surface area contributed by atoms with Gasteiger partial charge in [-0.25, -0.2) is 9.18 Å². The molecule has 2 heterocycles. The van der Waals surface area contributed by atoms with Crippen LogP contribution in [0.1, 0.15) is 56.7 Å². The van der Waals surface area contributed by atoms with Crippen molar-refractivity contribution in [2.75, 3.05) is 31.6 Å². The van der Waals surface area contributed by atoms with E-state index in [2.05, 4.69) is 10.6 Å². The lowest BCUT2D eigenvalue weighted by Gasteiger charge is -2.39. The number of rotatable bonds is 9. The van der Waals surface area contributed by atoms with Gasteiger partial charge >= 0.3 is 6.03 Å². The molecule has 3 amide bonds. The van der Waals surface area contributed by atoms with E-state index in [0.29, 0.717) is 48.5 Å². The van der Waals surface area contributed by atoms with Gasteiger partial charge in [0.1, 0.15) is 11.2 Å². The fourth-order valence-corrected chi connectivity index (χ4v) is 6.49. The number of anilines is 1. The molecule has 0 radical (unpaired) electrons. The first-order chi connectivity index (χ1) is 18.1. The first-order valence-corrected chi connectivity index (χ1v) is 13.6. The van der Waals surface area contributed by atoms with E-state index in [1.807, 2.05) is 13.8 Å². The highest BCUT2D eigenvalue weighted by atomic mass is 35.5. The molecule has 10 heteroatoms. The number of urea groups is 1. The second-order valence-corrected chi connectivity index (χ2v) is 11.8. The number of amides is 3. The summed E-state index contributed by atoms with van der Waals surface area (Å²) in [5.74, 6) is -1.42. The maximum Gasteiger partial charge on any atom is 0.317 e. The van der Waals surface area contributed by atoms with Crippen molar-refractivity contribution in [1.82, 2.24) is 10.2 Å². The van der Waals surface area contributed by atoms with Gasteiger partial charge in [0.2, 0.25) is 5.91 Å². The monoisotopic (exact) mass is 565 g/mol. The SMILES string of the molecule is CC(C)(CCO)CC1CN(C(=O)NCCCCO)C(c2cccc(Cl)c2F)[C@]12C(=O)Nc1cc(Cl)ccc12. The number of benzene rings is 2. The van der Waals surface area contributed by atoms with Crippen LogP contribution in [0.2, 0.25) is 10.0 Å². The number of carbonyl (C=O) groups is 2. The molecule has 4 N–H and O–H groups in total. The van der Waals surface area contributed by atoms with Crippen molar-refractivity contribution in [3.05, 3.63) is 63.4 Å². The Kier molecular flexibility index (Phi) is 8.57. The molecule has 2 aliphatic heterocycles. The van der Waals surface area contributed by atoms with E-state index in [9.17, 15) is 14.7 Å². The Labute approximate surface area is 232 Å². The lowest BCUT2D eigenvalue weighted by Crippen LogP contribution is -2.48. The molecule has 0 aliphatic carbocycles. The van der Waals surface area contributed by atoms with E-state index >= 15 is 4.39 Å². The lowest BCUT2D eigenvalue weighted by molar-refractivity contribution is -0.123.